The van der Waals surface area contributed by atoms with Gasteiger partial charge in [-0.25, -0.2) is 5.43 Å². The summed E-state index contributed by atoms with van der Waals surface area (Å²) in [7, 11) is 1.51. The summed E-state index contributed by atoms with van der Waals surface area (Å²) in [6, 6.07) is 4.99. The van der Waals surface area contributed by atoms with Crippen molar-refractivity contribution in [3.63, 3.8) is 0 Å². The Kier molecular flexibility index (Phi) is 6.37. The standard InChI is InChI=1S/C15H18ClN3O4/c1-22-13-5-4-11(16)7-10(13)8-18-19-15(21)14(20)17-9-12-3-2-6-23-12/h4-5,7-8,12H,2-3,6,9H2,1H3,(H,17,20)(H,19,21)/b18-8-/t12-/m0/s1. The Balaban J connectivity index is 1.83. The lowest BCUT2D eigenvalue weighted by Crippen LogP contribution is -2.41. The second kappa shape index (κ2) is 8.50. The molecule has 23 heavy (non-hydrogen) atoms. The van der Waals surface area contributed by atoms with Crippen molar-refractivity contribution in [1.82, 2.24) is 10.7 Å². The van der Waals surface area contributed by atoms with E-state index in [0.29, 0.717) is 29.5 Å². The van der Waals surface area contributed by atoms with Gasteiger partial charge in [-0.1, -0.05) is 11.6 Å². The summed E-state index contributed by atoms with van der Waals surface area (Å²) in [5, 5.41) is 6.75. The molecule has 1 heterocycles. The molecule has 0 aromatic heterocycles. The molecule has 1 aliphatic rings. The Morgan fingerprint density at radius 3 is 3.00 bits per heavy atom. The van der Waals surface area contributed by atoms with E-state index in [9.17, 15) is 9.59 Å². The van der Waals surface area contributed by atoms with Gasteiger partial charge in [0.2, 0.25) is 0 Å². The fourth-order valence-corrected chi connectivity index (χ4v) is 2.29. The molecule has 0 bridgehead atoms. The van der Waals surface area contributed by atoms with Crippen LogP contribution in [0.2, 0.25) is 5.02 Å². The van der Waals surface area contributed by atoms with Crippen LogP contribution in [0.15, 0.2) is 23.3 Å². The quantitative estimate of drug-likeness (QED) is 0.477. The topological polar surface area (TPSA) is 89.0 Å². The fourth-order valence-electron chi connectivity index (χ4n) is 2.11. The van der Waals surface area contributed by atoms with Gasteiger partial charge in [-0.15, -0.1) is 0 Å². The molecule has 0 spiro atoms. The molecule has 1 fully saturated rings. The van der Waals surface area contributed by atoms with Gasteiger partial charge in [0.25, 0.3) is 0 Å². The molecule has 0 aliphatic carbocycles. The summed E-state index contributed by atoms with van der Waals surface area (Å²) >= 11 is 5.89. The summed E-state index contributed by atoms with van der Waals surface area (Å²) in [4.78, 5) is 23.2. The molecule has 1 saturated heterocycles. The Morgan fingerprint density at radius 1 is 1.48 bits per heavy atom. The molecule has 2 N–H and O–H groups in total. The van der Waals surface area contributed by atoms with Gasteiger partial charge in [0.15, 0.2) is 0 Å². The smallest absolute Gasteiger partial charge is 0.329 e. The van der Waals surface area contributed by atoms with E-state index in [1.54, 1.807) is 18.2 Å². The predicted molar refractivity (Wildman–Crippen MR) is 85.7 cm³/mol. The van der Waals surface area contributed by atoms with Gasteiger partial charge in [0.05, 0.1) is 19.4 Å². The Hall–Kier alpha value is -2.12. The van der Waals surface area contributed by atoms with Gasteiger partial charge in [0.1, 0.15) is 5.75 Å². The molecule has 0 unspecified atom stereocenters. The third-order valence-corrected chi connectivity index (χ3v) is 3.52. The van der Waals surface area contributed by atoms with E-state index in [2.05, 4.69) is 15.8 Å². The van der Waals surface area contributed by atoms with Crippen molar-refractivity contribution < 1.29 is 19.1 Å². The van der Waals surface area contributed by atoms with Crippen LogP contribution < -0.4 is 15.5 Å². The Morgan fingerprint density at radius 2 is 2.30 bits per heavy atom. The van der Waals surface area contributed by atoms with E-state index in [1.807, 2.05) is 0 Å². The summed E-state index contributed by atoms with van der Waals surface area (Å²) < 4.78 is 10.5. The van der Waals surface area contributed by atoms with Crippen molar-refractivity contribution >= 4 is 29.6 Å². The molecule has 1 aromatic rings. The van der Waals surface area contributed by atoms with Crippen LogP contribution in [0.3, 0.4) is 0 Å². The van der Waals surface area contributed by atoms with Crippen molar-refractivity contribution in [3.05, 3.63) is 28.8 Å². The van der Waals surface area contributed by atoms with Crippen LogP contribution in [0.4, 0.5) is 0 Å². The molecular weight excluding hydrogens is 322 g/mol. The predicted octanol–water partition coefficient (Wildman–Crippen LogP) is 1.09. The lowest BCUT2D eigenvalue weighted by molar-refractivity contribution is -0.139. The molecule has 0 saturated carbocycles. The molecule has 1 aliphatic heterocycles. The number of hydrazone groups is 1. The second-order valence-electron chi connectivity index (χ2n) is 4.93. The summed E-state index contributed by atoms with van der Waals surface area (Å²) in [6.07, 6.45) is 3.19. The van der Waals surface area contributed by atoms with Crippen molar-refractivity contribution in [1.29, 1.82) is 0 Å². The first-order valence-corrected chi connectivity index (χ1v) is 7.54. The van der Waals surface area contributed by atoms with Crippen molar-refractivity contribution in [2.24, 2.45) is 5.10 Å². The number of carbonyl (C=O) groups is 2. The maximum absolute atomic E-state index is 11.6. The summed E-state index contributed by atoms with van der Waals surface area (Å²) in [5.74, 6) is -1.05. The molecule has 7 nitrogen and oxygen atoms in total. The Labute approximate surface area is 139 Å². The minimum absolute atomic E-state index is 0.0222. The summed E-state index contributed by atoms with van der Waals surface area (Å²) in [5.41, 5.74) is 2.74. The molecule has 2 amide bonds. The number of benzene rings is 1. The minimum atomic E-state index is -0.847. The lowest BCUT2D eigenvalue weighted by Gasteiger charge is -2.09. The maximum Gasteiger partial charge on any atom is 0.329 e. The number of carbonyl (C=O) groups excluding carboxylic acids is 2. The number of hydrogen-bond donors (Lipinski definition) is 2. The number of halogens is 1. The number of methoxy groups -OCH3 is 1. The van der Waals surface area contributed by atoms with Crippen LogP contribution in [0.1, 0.15) is 18.4 Å². The molecule has 0 radical (unpaired) electrons. The first-order valence-electron chi connectivity index (χ1n) is 7.16. The zero-order valence-electron chi connectivity index (χ0n) is 12.7. The van der Waals surface area contributed by atoms with Crippen LogP contribution in [0.25, 0.3) is 0 Å². The van der Waals surface area contributed by atoms with Gasteiger partial charge in [-0.2, -0.15) is 5.10 Å². The average Bonchev–Trinajstić information content (AvgIpc) is 3.06. The number of rotatable bonds is 5. The molecule has 1 atom stereocenters. The van der Waals surface area contributed by atoms with Gasteiger partial charge in [-0.3, -0.25) is 9.59 Å². The normalized spacial score (nSPS) is 17.2. The number of ether oxygens (including phenoxy) is 2. The van der Waals surface area contributed by atoms with E-state index >= 15 is 0 Å². The van der Waals surface area contributed by atoms with Crippen molar-refractivity contribution in [2.75, 3.05) is 20.3 Å². The number of hydrogen-bond acceptors (Lipinski definition) is 5. The largest absolute Gasteiger partial charge is 0.496 e. The third kappa shape index (κ3) is 5.22. The number of nitrogens with zero attached hydrogens (tertiary/aromatic N) is 1. The third-order valence-electron chi connectivity index (χ3n) is 3.28. The van der Waals surface area contributed by atoms with Crippen molar-refractivity contribution in [2.45, 2.75) is 18.9 Å². The number of nitrogens with one attached hydrogen (secondary N) is 2. The van der Waals surface area contributed by atoms with Crippen LogP contribution >= 0.6 is 11.6 Å². The van der Waals surface area contributed by atoms with E-state index < -0.39 is 11.8 Å². The van der Waals surface area contributed by atoms with Gasteiger partial charge in [-0.05, 0) is 31.0 Å². The van der Waals surface area contributed by atoms with Crippen LogP contribution in [0.5, 0.6) is 5.75 Å². The molecule has 8 heteroatoms. The monoisotopic (exact) mass is 339 g/mol. The SMILES string of the molecule is COc1ccc(Cl)cc1/C=N\NC(=O)C(=O)NC[C@@H]1CCCO1. The van der Waals surface area contributed by atoms with Crippen LogP contribution in [0, 0.1) is 0 Å². The van der Waals surface area contributed by atoms with E-state index in [0.717, 1.165) is 12.8 Å². The first kappa shape index (κ1) is 17.2. The zero-order valence-corrected chi connectivity index (χ0v) is 13.4. The molecular formula is C15H18ClN3O4. The van der Waals surface area contributed by atoms with Gasteiger partial charge < -0.3 is 14.8 Å². The molecule has 1 aromatic carbocycles. The molecule has 2 rings (SSSR count). The van der Waals surface area contributed by atoms with E-state index in [4.69, 9.17) is 21.1 Å². The highest BCUT2D eigenvalue weighted by atomic mass is 35.5. The van der Waals surface area contributed by atoms with E-state index in [1.165, 1.54) is 13.3 Å². The minimum Gasteiger partial charge on any atom is -0.496 e. The van der Waals surface area contributed by atoms with Gasteiger partial charge in [0, 0.05) is 23.7 Å². The fraction of sp³-hybridized carbons (Fsp3) is 0.400. The van der Waals surface area contributed by atoms with Crippen LogP contribution in [-0.4, -0.2) is 44.4 Å². The lowest BCUT2D eigenvalue weighted by atomic mass is 10.2. The van der Waals surface area contributed by atoms with E-state index in [-0.39, 0.29) is 6.10 Å². The van der Waals surface area contributed by atoms with Crippen molar-refractivity contribution in [3.8, 4) is 5.75 Å². The second-order valence-corrected chi connectivity index (χ2v) is 5.37. The Bertz CT molecular complexity index is 600. The summed E-state index contributed by atoms with van der Waals surface area (Å²) in [6.45, 7) is 1.01. The number of amides is 2. The highest BCUT2D eigenvalue weighted by Crippen LogP contribution is 2.20. The first-order chi connectivity index (χ1) is 11.1. The highest BCUT2D eigenvalue weighted by molar-refractivity contribution is 6.35. The van der Waals surface area contributed by atoms with Crippen LogP contribution in [-0.2, 0) is 14.3 Å². The zero-order chi connectivity index (χ0) is 16.7. The maximum atomic E-state index is 11.6. The van der Waals surface area contributed by atoms with Gasteiger partial charge >= 0.3 is 11.8 Å². The average molecular weight is 340 g/mol. The highest BCUT2D eigenvalue weighted by Gasteiger charge is 2.18. The molecule has 124 valence electrons.